The highest BCUT2D eigenvalue weighted by Crippen LogP contribution is 2.37. The summed E-state index contributed by atoms with van der Waals surface area (Å²) in [5.74, 6) is 1.83. The molecule has 3 aromatic heterocycles. The first-order chi connectivity index (χ1) is 11.6. The molecule has 8 heteroatoms. The minimum absolute atomic E-state index is 0.407. The quantitative estimate of drug-likeness (QED) is 0.559. The number of hydrogen-bond donors (Lipinski definition) is 1. The van der Waals surface area contributed by atoms with Crippen LogP contribution >= 0.6 is 23.1 Å². The molecule has 0 bridgehead atoms. The zero-order valence-electron chi connectivity index (χ0n) is 13.7. The summed E-state index contributed by atoms with van der Waals surface area (Å²) in [5.41, 5.74) is 7.23. The van der Waals surface area contributed by atoms with E-state index in [9.17, 15) is 0 Å². The van der Waals surface area contributed by atoms with Crippen LogP contribution in [0.15, 0.2) is 15.9 Å². The van der Waals surface area contributed by atoms with E-state index < -0.39 is 5.54 Å². The van der Waals surface area contributed by atoms with Crippen LogP contribution in [0.2, 0.25) is 0 Å². The summed E-state index contributed by atoms with van der Waals surface area (Å²) >= 11 is 3.31. The Morgan fingerprint density at radius 3 is 2.88 bits per heavy atom. The largest absolute Gasteiger partial charge is 0.338 e. The highest BCUT2D eigenvalue weighted by atomic mass is 32.2. The van der Waals surface area contributed by atoms with E-state index >= 15 is 0 Å². The van der Waals surface area contributed by atoms with Gasteiger partial charge in [0.1, 0.15) is 16.2 Å². The molecule has 1 aliphatic rings. The maximum atomic E-state index is 6.39. The second-order valence-electron chi connectivity index (χ2n) is 6.31. The fraction of sp³-hybridized carbons (Fsp3) is 0.500. The molecular formula is C16H19N5OS2. The molecule has 0 spiro atoms. The third kappa shape index (κ3) is 2.72. The van der Waals surface area contributed by atoms with Crippen LogP contribution in [0.1, 0.15) is 47.8 Å². The van der Waals surface area contributed by atoms with Crippen molar-refractivity contribution >= 4 is 33.3 Å². The number of nitrogens with zero attached hydrogens (tertiary/aromatic N) is 4. The molecular weight excluding hydrogens is 342 g/mol. The predicted octanol–water partition coefficient (Wildman–Crippen LogP) is 3.71. The molecule has 1 fully saturated rings. The van der Waals surface area contributed by atoms with Crippen molar-refractivity contribution in [2.75, 3.05) is 0 Å². The number of rotatable bonds is 4. The summed E-state index contributed by atoms with van der Waals surface area (Å²) in [4.78, 5) is 15.6. The summed E-state index contributed by atoms with van der Waals surface area (Å²) in [7, 11) is 0. The van der Waals surface area contributed by atoms with Gasteiger partial charge in [0.25, 0.3) is 0 Å². The van der Waals surface area contributed by atoms with Crippen molar-refractivity contribution in [1.82, 2.24) is 20.1 Å². The van der Waals surface area contributed by atoms with E-state index in [0.29, 0.717) is 17.5 Å². The fourth-order valence-electron chi connectivity index (χ4n) is 3.13. The first-order valence-electron chi connectivity index (χ1n) is 8.02. The van der Waals surface area contributed by atoms with E-state index in [1.54, 1.807) is 29.4 Å². The Bertz CT molecular complexity index is 882. The lowest BCUT2D eigenvalue weighted by molar-refractivity contribution is 0.355. The first kappa shape index (κ1) is 16.0. The summed E-state index contributed by atoms with van der Waals surface area (Å²) in [5, 5.41) is 6.21. The normalized spacial score (nSPS) is 17.0. The van der Waals surface area contributed by atoms with Gasteiger partial charge in [-0.25, -0.2) is 9.97 Å². The molecule has 4 rings (SSSR count). The zero-order valence-corrected chi connectivity index (χ0v) is 15.3. The summed E-state index contributed by atoms with van der Waals surface area (Å²) in [6.07, 6.45) is 5.74. The Hall–Kier alpha value is -1.51. The lowest BCUT2D eigenvalue weighted by Crippen LogP contribution is -2.34. The van der Waals surface area contributed by atoms with Crippen LogP contribution in [0.25, 0.3) is 10.2 Å². The number of nitrogens with two attached hydrogens (primary N) is 1. The molecule has 0 saturated heterocycles. The van der Waals surface area contributed by atoms with Gasteiger partial charge in [-0.05, 0) is 32.3 Å². The average Bonchev–Trinajstić information content (AvgIpc) is 3.27. The van der Waals surface area contributed by atoms with Crippen molar-refractivity contribution in [3.63, 3.8) is 0 Å². The van der Waals surface area contributed by atoms with Gasteiger partial charge in [-0.3, -0.25) is 0 Å². The standard InChI is InChI=1S/C16H19N5OS2/c1-9-10(2)24-14-12(9)13(18-8-19-14)23-7-11-20-15(21-22-11)16(17)5-3-4-6-16/h8H,3-7,17H2,1-2H3. The van der Waals surface area contributed by atoms with Crippen LogP contribution in [0.5, 0.6) is 0 Å². The SMILES string of the molecule is Cc1sc2ncnc(SCc3nc(C4(N)CCCC4)no3)c2c1C. The number of hydrogen-bond acceptors (Lipinski definition) is 8. The molecule has 1 aliphatic carbocycles. The molecule has 126 valence electrons. The lowest BCUT2D eigenvalue weighted by Gasteiger charge is -2.17. The molecule has 6 nitrogen and oxygen atoms in total. The molecule has 0 aromatic carbocycles. The van der Waals surface area contributed by atoms with Gasteiger partial charge in [-0.2, -0.15) is 4.98 Å². The number of aromatic nitrogens is 4. The first-order valence-corrected chi connectivity index (χ1v) is 9.82. The highest BCUT2D eigenvalue weighted by molar-refractivity contribution is 7.98. The summed E-state index contributed by atoms with van der Waals surface area (Å²) < 4.78 is 5.41. The van der Waals surface area contributed by atoms with Crippen molar-refractivity contribution in [2.24, 2.45) is 5.73 Å². The van der Waals surface area contributed by atoms with Crippen LogP contribution in [0.3, 0.4) is 0 Å². The van der Waals surface area contributed by atoms with Crippen molar-refractivity contribution in [1.29, 1.82) is 0 Å². The minimum atomic E-state index is -0.407. The Morgan fingerprint density at radius 2 is 2.08 bits per heavy atom. The van der Waals surface area contributed by atoms with E-state index in [2.05, 4.69) is 34.0 Å². The number of fused-ring (bicyclic) bond motifs is 1. The monoisotopic (exact) mass is 361 g/mol. The maximum Gasteiger partial charge on any atom is 0.237 e. The average molecular weight is 361 g/mol. The fourth-order valence-corrected chi connectivity index (χ4v) is 5.09. The van der Waals surface area contributed by atoms with Gasteiger partial charge in [0.05, 0.1) is 11.3 Å². The second-order valence-corrected chi connectivity index (χ2v) is 8.47. The number of thioether (sulfide) groups is 1. The van der Waals surface area contributed by atoms with E-state index in [1.165, 1.54) is 10.4 Å². The molecule has 1 saturated carbocycles. The predicted molar refractivity (Wildman–Crippen MR) is 95.1 cm³/mol. The highest BCUT2D eigenvalue weighted by Gasteiger charge is 2.35. The molecule has 24 heavy (non-hydrogen) atoms. The zero-order chi connectivity index (χ0) is 16.7. The summed E-state index contributed by atoms with van der Waals surface area (Å²) in [6.45, 7) is 4.23. The van der Waals surface area contributed by atoms with Gasteiger partial charge in [0, 0.05) is 10.3 Å². The molecule has 0 unspecified atom stereocenters. The number of aryl methyl sites for hydroxylation is 2. The molecule has 0 aliphatic heterocycles. The Balaban J connectivity index is 1.55. The molecule has 0 atom stereocenters. The van der Waals surface area contributed by atoms with Crippen LogP contribution in [0.4, 0.5) is 0 Å². The van der Waals surface area contributed by atoms with Crippen molar-refractivity contribution < 1.29 is 4.52 Å². The molecule has 3 aromatic rings. The Morgan fingerprint density at radius 1 is 1.29 bits per heavy atom. The molecule has 2 N–H and O–H groups in total. The van der Waals surface area contributed by atoms with E-state index in [0.717, 1.165) is 40.9 Å². The topological polar surface area (TPSA) is 90.7 Å². The van der Waals surface area contributed by atoms with Gasteiger partial charge in [-0.15, -0.1) is 11.3 Å². The van der Waals surface area contributed by atoms with E-state index in [4.69, 9.17) is 10.3 Å². The Kier molecular flexibility index (Phi) is 4.06. The van der Waals surface area contributed by atoms with Crippen LogP contribution in [-0.4, -0.2) is 20.1 Å². The van der Waals surface area contributed by atoms with E-state index in [1.807, 2.05) is 0 Å². The summed E-state index contributed by atoms with van der Waals surface area (Å²) in [6, 6.07) is 0. The van der Waals surface area contributed by atoms with Crippen LogP contribution in [0, 0.1) is 13.8 Å². The van der Waals surface area contributed by atoms with Crippen LogP contribution in [-0.2, 0) is 11.3 Å². The van der Waals surface area contributed by atoms with Gasteiger partial charge in [-0.1, -0.05) is 29.8 Å². The van der Waals surface area contributed by atoms with Gasteiger partial charge < -0.3 is 10.3 Å². The van der Waals surface area contributed by atoms with Crippen molar-refractivity contribution in [2.45, 2.75) is 55.8 Å². The van der Waals surface area contributed by atoms with Gasteiger partial charge in [0.2, 0.25) is 5.89 Å². The third-order valence-corrected chi connectivity index (χ3v) is 6.76. The molecule has 3 heterocycles. The Labute approximate surface area is 148 Å². The van der Waals surface area contributed by atoms with Crippen molar-refractivity contribution in [3.8, 4) is 0 Å². The molecule has 0 radical (unpaired) electrons. The van der Waals surface area contributed by atoms with Crippen molar-refractivity contribution in [3.05, 3.63) is 28.5 Å². The second kappa shape index (κ2) is 6.09. The lowest BCUT2D eigenvalue weighted by atomic mass is 9.99. The third-order valence-electron chi connectivity index (χ3n) is 4.67. The van der Waals surface area contributed by atoms with Gasteiger partial charge >= 0.3 is 0 Å². The van der Waals surface area contributed by atoms with Gasteiger partial charge in [0.15, 0.2) is 5.82 Å². The minimum Gasteiger partial charge on any atom is -0.338 e. The number of thiophene rings is 1. The van der Waals surface area contributed by atoms with E-state index in [-0.39, 0.29) is 0 Å². The maximum absolute atomic E-state index is 6.39. The molecule has 0 amide bonds. The van der Waals surface area contributed by atoms with Crippen LogP contribution < -0.4 is 5.73 Å². The smallest absolute Gasteiger partial charge is 0.237 e.